The zero-order chi connectivity index (χ0) is 5.91. The van der Waals surface area contributed by atoms with Gasteiger partial charge in [-0.3, -0.25) is 0 Å². The molecule has 0 unspecified atom stereocenters. The highest BCUT2D eigenvalue weighted by Crippen LogP contribution is 2.11. The predicted octanol–water partition coefficient (Wildman–Crippen LogP) is 1.51. The standard InChI is InChI=1S/C5H8FN/c1-5(2,3-6)4-7/h3H2,1-2H3. The Balaban J connectivity index is 3.66. The maximum absolute atomic E-state index is 11.5. The van der Waals surface area contributed by atoms with Crippen molar-refractivity contribution in [2.45, 2.75) is 13.8 Å². The van der Waals surface area contributed by atoms with Gasteiger partial charge < -0.3 is 0 Å². The lowest BCUT2D eigenvalue weighted by Gasteiger charge is -2.05. The SMILES string of the molecule is CC(C)(C#N)CF. The van der Waals surface area contributed by atoms with Crippen molar-refractivity contribution < 1.29 is 4.39 Å². The third-order valence-corrected chi connectivity index (χ3v) is 0.637. The van der Waals surface area contributed by atoms with Gasteiger partial charge in [-0.25, -0.2) is 4.39 Å². The van der Waals surface area contributed by atoms with Crippen molar-refractivity contribution >= 4 is 0 Å². The molecule has 2 heteroatoms. The molecule has 0 bridgehead atoms. The molecule has 40 valence electrons. The third kappa shape index (κ3) is 2.16. The molecule has 0 aromatic heterocycles. The first-order valence-corrected chi connectivity index (χ1v) is 2.09. The van der Waals surface area contributed by atoms with E-state index in [1.807, 2.05) is 6.07 Å². The van der Waals surface area contributed by atoms with E-state index in [0.717, 1.165) is 0 Å². The molecule has 0 aliphatic rings. The second-order valence-corrected chi connectivity index (χ2v) is 2.13. The van der Waals surface area contributed by atoms with Crippen LogP contribution in [0.5, 0.6) is 0 Å². The summed E-state index contributed by atoms with van der Waals surface area (Å²) in [6.45, 7) is 2.56. The third-order valence-electron chi connectivity index (χ3n) is 0.637. The van der Waals surface area contributed by atoms with E-state index in [-0.39, 0.29) is 0 Å². The number of alkyl halides is 1. The van der Waals surface area contributed by atoms with Gasteiger partial charge >= 0.3 is 0 Å². The van der Waals surface area contributed by atoms with E-state index in [1.165, 1.54) is 0 Å². The van der Waals surface area contributed by atoms with Gasteiger partial charge in [-0.1, -0.05) is 0 Å². The van der Waals surface area contributed by atoms with E-state index in [9.17, 15) is 4.39 Å². The summed E-state index contributed by atoms with van der Waals surface area (Å²) in [5, 5.41) is 8.10. The van der Waals surface area contributed by atoms with Gasteiger partial charge in [0.15, 0.2) is 0 Å². The van der Waals surface area contributed by atoms with Crippen molar-refractivity contribution in [1.29, 1.82) is 5.26 Å². The van der Waals surface area contributed by atoms with E-state index < -0.39 is 12.1 Å². The van der Waals surface area contributed by atoms with Gasteiger partial charge in [0.05, 0.1) is 11.5 Å². The summed E-state index contributed by atoms with van der Waals surface area (Å²) < 4.78 is 11.5. The molecule has 0 rings (SSSR count). The Morgan fingerprint density at radius 3 is 2.14 bits per heavy atom. The van der Waals surface area contributed by atoms with E-state index in [4.69, 9.17) is 5.26 Å². The van der Waals surface area contributed by atoms with Crippen LogP contribution in [0.1, 0.15) is 13.8 Å². The topological polar surface area (TPSA) is 23.8 Å². The van der Waals surface area contributed by atoms with Crippen molar-refractivity contribution in [3.05, 3.63) is 0 Å². The van der Waals surface area contributed by atoms with Crippen LogP contribution in [0.15, 0.2) is 0 Å². The normalized spacial score (nSPS) is 10.6. The number of hydrogen-bond acceptors (Lipinski definition) is 1. The summed E-state index contributed by atoms with van der Waals surface area (Å²) in [7, 11) is 0. The lowest BCUT2D eigenvalue weighted by atomic mass is 9.99. The highest BCUT2D eigenvalue weighted by Gasteiger charge is 2.14. The first kappa shape index (κ1) is 6.42. The van der Waals surface area contributed by atoms with E-state index in [0.29, 0.717) is 0 Å². The van der Waals surface area contributed by atoms with Crippen LogP contribution < -0.4 is 0 Å². The Morgan fingerprint density at radius 2 is 2.14 bits per heavy atom. The fourth-order valence-corrected chi connectivity index (χ4v) is 0.0299. The Hall–Kier alpha value is -0.580. The summed E-state index contributed by atoms with van der Waals surface area (Å²) in [6.07, 6.45) is 0. The molecular weight excluding hydrogens is 93.1 g/mol. The molecule has 0 aromatic carbocycles. The summed E-state index contributed by atoms with van der Waals surface area (Å²) in [6, 6.07) is 1.82. The minimum atomic E-state index is -0.778. The molecule has 0 amide bonds. The van der Waals surface area contributed by atoms with E-state index in [2.05, 4.69) is 0 Å². The van der Waals surface area contributed by atoms with Crippen molar-refractivity contribution in [3.63, 3.8) is 0 Å². The first-order valence-electron chi connectivity index (χ1n) is 2.09. The molecule has 0 saturated heterocycles. The van der Waals surface area contributed by atoms with Gasteiger partial charge in [-0.15, -0.1) is 0 Å². The van der Waals surface area contributed by atoms with Gasteiger partial charge in [0.25, 0.3) is 0 Å². The largest absolute Gasteiger partial charge is 0.249 e. The molecule has 0 radical (unpaired) electrons. The van der Waals surface area contributed by atoms with Crippen LogP contribution in [0.25, 0.3) is 0 Å². The van der Waals surface area contributed by atoms with Gasteiger partial charge in [-0.05, 0) is 13.8 Å². The number of hydrogen-bond donors (Lipinski definition) is 0. The van der Waals surface area contributed by atoms with Crippen LogP contribution in [0, 0.1) is 16.7 Å². The van der Waals surface area contributed by atoms with Crippen LogP contribution in [-0.2, 0) is 0 Å². The molecule has 0 N–H and O–H groups in total. The minimum Gasteiger partial charge on any atom is -0.249 e. The Labute approximate surface area is 42.8 Å². The van der Waals surface area contributed by atoms with Crippen molar-refractivity contribution in [1.82, 2.24) is 0 Å². The molecule has 0 aliphatic carbocycles. The lowest BCUT2D eigenvalue weighted by Crippen LogP contribution is -2.09. The van der Waals surface area contributed by atoms with E-state index >= 15 is 0 Å². The fraction of sp³-hybridized carbons (Fsp3) is 0.800. The first-order chi connectivity index (χ1) is 3.12. The molecule has 0 atom stereocenters. The van der Waals surface area contributed by atoms with Crippen molar-refractivity contribution in [2.24, 2.45) is 5.41 Å². The molecule has 1 nitrogen and oxygen atoms in total. The van der Waals surface area contributed by atoms with Crippen LogP contribution in [0.3, 0.4) is 0 Å². The molecule has 0 spiro atoms. The van der Waals surface area contributed by atoms with Gasteiger partial charge in [0, 0.05) is 0 Å². The van der Waals surface area contributed by atoms with Crippen LogP contribution in [-0.4, -0.2) is 6.67 Å². The average molecular weight is 101 g/mol. The van der Waals surface area contributed by atoms with Gasteiger partial charge in [-0.2, -0.15) is 5.26 Å². The molecule has 0 saturated carbocycles. The van der Waals surface area contributed by atoms with Crippen LogP contribution >= 0.6 is 0 Å². The smallest absolute Gasteiger partial charge is 0.107 e. The molecule has 0 fully saturated rings. The molecule has 0 aliphatic heterocycles. The Bertz CT molecular complexity index is 90.7. The zero-order valence-corrected chi connectivity index (χ0v) is 4.53. The Morgan fingerprint density at radius 1 is 1.71 bits per heavy atom. The lowest BCUT2D eigenvalue weighted by molar-refractivity contribution is 0.331. The van der Waals surface area contributed by atoms with E-state index in [1.54, 1.807) is 13.8 Å². The molecule has 7 heavy (non-hydrogen) atoms. The molecular formula is C5H8FN. The summed E-state index contributed by atoms with van der Waals surface area (Å²) in [5.41, 5.74) is -0.778. The quantitative estimate of drug-likeness (QED) is 0.491. The highest BCUT2D eigenvalue weighted by molar-refractivity contribution is 4.90. The zero-order valence-electron chi connectivity index (χ0n) is 4.53. The number of halogens is 1. The fourth-order valence-electron chi connectivity index (χ4n) is 0.0299. The molecule has 0 heterocycles. The monoisotopic (exact) mass is 101 g/mol. The summed E-state index contributed by atoms with van der Waals surface area (Å²) >= 11 is 0. The van der Waals surface area contributed by atoms with Gasteiger partial charge in [0.1, 0.15) is 6.67 Å². The predicted molar refractivity (Wildman–Crippen MR) is 25.4 cm³/mol. The van der Waals surface area contributed by atoms with Crippen LogP contribution in [0.4, 0.5) is 4.39 Å². The maximum atomic E-state index is 11.5. The van der Waals surface area contributed by atoms with Crippen LogP contribution in [0.2, 0.25) is 0 Å². The van der Waals surface area contributed by atoms with Crippen molar-refractivity contribution in [3.8, 4) is 6.07 Å². The second-order valence-electron chi connectivity index (χ2n) is 2.13. The number of rotatable bonds is 1. The molecule has 0 aromatic rings. The van der Waals surface area contributed by atoms with Gasteiger partial charge in [0.2, 0.25) is 0 Å². The summed E-state index contributed by atoms with van der Waals surface area (Å²) in [5.74, 6) is 0. The average Bonchev–Trinajstić information content (AvgIpc) is 1.68. The number of nitrogens with zero attached hydrogens (tertiary/aromatic N) is 1. The number of nitriles is 1. The van der Waals surface area contributed by atoms with Crippen molar-refractivity contribution in [2.75, 3.05) is 6.67 Å². The highest BCUT2D eigenvalue weighted by atomic mass is 19.1. The summed E-state index contributed by atoms with van der Waals surface area (Å²) in [4.78, 5) is 0. The Kier molecular flexibility index (Phi) is 1.76. The second kappa shape index (κ2) is 1.92. The maximum Gasteiger partial charge on any atom is 0.107 e. The minimum absolute atomic E-state index is 0.566.